The minimum atomic E-state index is -0.450. The van der Waals surface area contributed by atoms with Crippen LogP contribution in [0.3, 0.4) is 0 Å². The summed E-state index contributed by atoms with van der Waals surface area (Å²) in [5, 5.41) is 18.7. The molecule has 0 amide bonds. The molecule has 3 aromatic rings. The molecule has 0 aliphatic carbocycles. The number of hydrogen-bond donors (Lipinski definition) is 3. The van der Waals surface area contributed by atoms with Crippen molar-refractivity contribution >= 4 is 33.4 Å². The maximum absolute atomic E-state index is 12.8. The third kappa shape index (κ3) is 2.96. The molecule has 9 heteroatoms. The minimum Gasteiger partial charge on any atom is -0.503 e. The van der Waals surface area contributed by atoms with Gasteiger partial charge in [-0.05, 0) is 51.1 Å². The van der Waals surface area contributed by atoms with Crippen molar-refractivity contribution in [3.8, 4) is 22.8 Å². The van der Waals surface area contributed by atoms with Crippen molar-refractivity contribution in [1.29, 1.82) is 0 Å². The van der Waals surface area contributed by atoms with Gasteiger partial charge in [-0.2, -0.15) is 0 Å². The fraction of sp³-hybridized carbons (Fsp3) is 0.167. The number of nitrogens with one attached hydrogen (secondary N) is 2. The molecule has 1 aliphatic rings. The maximum Gasteiger partial charge on any atom is 0.325 e. The van der Waals surface area contributed by atoms with Crippen molar-refractivity contribution in [3.05, 3.63) is 56.8 Å². The number of rotatable bonds is 3. The van der Waals surface area contributed by atoms with E-state index in [1.54, 1.807) is 16.8 Å². The van der Waals surface area contributed by atoms with Crippen LogP contribution in [0.4, 0.5) is 5.69 Å². The number of fused-ring (bicyclic) bond motifs is 3. The molecule has 27 heavy (non-hydrogen) atoms. The van der Waals surface area contributed by atoms with Crippen LogP contribution in [0.25, 0.3) is 11.3 Å². The topological polar surface area (TPSA) is 91.1 Å². The number of methoxy groups -OCH3 is 1. The van der Waals surface area contributed by atoms with E-state index >= 15 is 0 Å². The number of ether oxygens (including phenoxy) is 1. The van der Waals surface area contributed by atoms with Gasteiger partial charge in [0.25, 0.3) is 6.17 Å². The molecule has 0 fully saturated rings. The Balaban J connectivity index is 1.99. The number of hydrogen-bond acceptors (Lipinski definition) is 6. The zero-order valence-corrected chi connectivity index (χ0v) is 16.9. The van der Waals surface area contributed by atoms with Crippen molar-refractivity contribution in [3.63, 3.8) is 0 Å². The number of anilines is 1. The van der Waals surface area contributed by atoms with E-state index in [0.717, 1.165) is 16.8 Å². The average molecular weight is 448 g/mol. The van der Waals surface area contributed by atoms with E-state index in [2.05, 4.69) is 31.3 Å². The number of phenolic OH excluding ortho intramolecular Hbond substituents is 1. The third-order valence-electron chi connectivity index (χ3n) is 4.36. The lowest BCUT2D eigenvalue weighted by atomic mass is 10.0. The first-order chi connectivity index (χ1) is 13.0. The molecule has 0 radical (unpaired) electrons. The summed E-state index contributed by atoms with van der Waals surface area (Å²) in [6, 6.07) is 11.1. The Labute approximate surface area is 167 Å². The van der Waals surface area contributed by atoms with Crippen molar-refractivity contribution < 1.29 is 14.5 Å². The second-order valence-electron chi connectivity index (χ2n) is 5.90. The molecule has 1 aliphatic heterocycles. The largest absolute Gasteiger partial charge is 0.503 e. The SMILES string of the molecule is COc1cc([C@@H]2Nc3ccccc3-c3c(=O)[nH]c(SC)n[n+]32)cc(Br)c1O. The highest BCUT2D eigenvalue weighted by Gasteiger charge is 2.38. The highest BCUT2D eigenvalue weighted by molar-refractivity contribution is 9.10. The van der Waals surface area contributed by atoms with E-state index in [4.69, 9.17) is 4.74 Å². The summed E-state index contributed by atoms with van der Waals surface area (Å²) < 4.78 is 7.44. The molecule has 0 spiro atoms. The van der Waals surface area contributed by atoms with Gasteiger partial charge in [-0.3, -0.25) is 9.78 Å². The van der Waals surface area contributed by atoms with Gasteiger partial charge in [0.05, 0.1) is 22.8 Å². The third-order valence-corrected chi connectivity index (χ3v) is 5.54. The summed E-state index contributed by atoms with van der Waals surface area (Å²) in [6.45, 7) is 0. The van der Waals surface area contributed by atoms with E-state index < -0.39 is 6.17 Å². The number of halogens is 1. The van der Waals surface area contributed by atoms with Crippen LogP contribution in [0.2, 0.25) is 0 Å². The number of phenols is 1. The lowest BCUT2D eigenvalue weighted by Gasteiger charge is -2.23. The summed E-state index contributed by atoms with van der Waals surface area (Å²) in [5.41, 5.74) is 2.64. The lowest BCUT2D eigenvalue weighted by Crippen LogP contribution is -2.55. The average Bonchev–Trinajstić information content (AvgIpc) is 2.68. The Morgan fingerprint density at radius 2 is 2.11 bits per heavy atom. The van der Waals surface area contributed by atoms with Gasteiger partial charge < -0.3 is 15.2 Å². The van der Waals surface area contributed by atoms with Crippen molar-refractivity contribution in [2.24, 2.45) is 0 Å². The Hall–Kier alpha value is -2.52. The normalized spacial score (nSPS) is 14.9. The van der Waals surface area contributed by atoms with Crippen LogP contribution >= 0.6 is 27.7 Å². The molecule has 0 unspecified atom stereocenters. The van der Waals surface area contributed by atoms with Crippen LogP contribution in [0.15, 0.2) is 50.8 Å². The smallest absolute Gasteiger partial charge is 0.325 e. The zero-order valence-electron chi connectivity index (χ0n) is 14.5. The molecule has 1 atom stereocenters. The summed E-state index contributed by atoms with van der Waals surface area (Å²) in [6.07, 6.45) is 1.40. The van der Waals surface area contributed by atoms with Crippen LogP contribution in [-0.4, -0.2) is 28.6 Å². The number of aromatic nitrogens is 3. The molecule has 4 rings (SSSR count). The first-order valence-electron chi connectivity index (χ1n) is 8.06. The first kappa shape index (κ1) is 17.9. The van der Waals surface area contributed by atoms with Gasteiger partial charge in [-0.15, -0.1) is 0 Å². The van der Waals surface area contributed by atoms with E-state index in [0.29, 0.717) is 21.1 Å². The Bertz CT molecular complexity index is 1100. The maximum atomic E-state index is 12.8. The summed E-state index contributed by atoms with van der Waals surface area (Å²) >= 11 is 4.72. The van der Waals surface area contributed by atoms with Gasteiger partial charge in [-0.25, -0.2) is 0 Å². The quantitative estimate of drug-likeness (QED) is 0.422. The minimum absolute atomic E-state index is 0.0198. The molecule has 138 valence electrons. The Morgan fingerprint density at radius 1 is 1.33 bits per heavy atom. The fourth-order valence-electron chi connectivity index (χ4n) is 3.11. The van der Waals surface area contributed by atoms with E-state index in [-0.39, 0.29) is 11.3 Å². The second kappa shape index (κ2) is 6.90. The standard InChI is InChI=1S/C18H15BrN4O3S/c1-26-13-8-9(7-11(19)15(13)24)16-20-12-6-4-3-5-10(12)14-17(25)21-18(27-2)22-23(14)16/h3-8,16H,1-2H3,(H2,21,22,24,25)/p+1/t16-/m1/s1. The Kier molecular flexibility index (Phi) is 4.56. The van der Waals surface area contributed by atoms with E-state index in [1.165, 1.54) is 18.9 Å². The first-order valence-corrected chi connectivity index (χ1v) is 10.1. The van der Waals surface area contributed by atoms with Crippen molar-refractivity contribution in [2.75, 3.05) is 18.7 Å². The van der Waals surface area contributed by atoms with Crippen LogP contribution < -0.4 is 20.3 Å². The molecular weight excluding hydrogens is 432 g/mol. The molecule has 7 nitrogen and oxygen atoms in total. The van der Waals surface area contributed by atoms with Gasteiger partial charge in [-0.1, -0.05) is 23.9 Å². The Morgan fingerprint density at radius 3 is 2.85 bits per heavy atom. The second-order valence-corrected chi connectivity index (χ2v) is 7.55. The highest BCUT2D eigenvalue weighted by atomic mass is 79.9. The molecular formula is C18H16BrN4O3S+. The lowest BCUT2D eigenvalue weighted by molar-refractivity contribution is -0.759. The molecule has 0 saturated heterocycles. The van der Waals surface area contributed by atoms with Gasteiger partial charge in [0, 0.05) is 10.7 Å². The number of aromatic amines is 1. The number of aromatic hydroxyl groups is 1. The number of benzene rings is 2. The molecule has 3 N–H and O–H groups in total. The van der Waals surface area contributed by atoms with Gasteiger partial charge in [0.2, 0.25) is 5.16 Å². The van der Waals surface area contributed by atoms with Crippen molar-refractivity contribution in [1.82, 2.24) is 10.1 Å². The summed E-state index contributed by atoms with van der Waals surface area (Å²) in [7, 11) is 1.49. The molecule has 0 saturated carbocycles. The zero-order chi connectivity index (χ0) is 19.1. The van der Waals surface area contributed by atoms with Gasteiger partial charge in [0.1, 0.15) is 0 Å². The molecule has 0 bridgehead atoms. The van der Waals surface area contributed by atoms with Crippen LogP contribution in [0.1, 0.15) is 11.7 Å². The van der Waals surface area contributed by atoms with E-state index in [1.807, 2.05) is 30.5 Å². The van der Waals surface area contributed by atoms with E-state index in [9.17, 15) is 9.90 Å². The predicted molar refractivity (Wildman–Crippen MR) is 106 cm³/mol. The predicted octanol–water partition coefficient (Wildman–Crippen LogP) is 2.90. The van der Waals surface area contributed by atoms with Crippen LogP contribution in [0.5, 0.6) is 11.5 Å². The number of para-hydroxylation sites is 1. The molecule has 2 aromatic carbocycles. The highest BCUT2D eigenvalue weighted by Crippen LogP contribution is 2.38. The fourth-order valence-corrected chi connectivity index (χ4v) is 3.94. The van der Waals surface area contributed by atoms with Crippen molar-refractivity contribution in [2.45, 2.75) is 11.3 Å². The number of thioether (sulfide) groups is 1. The number of nitrogens with zero attached hydrogens (tertiary/aromatic N) is 2. The summed E-state index contributed by atoms with van der Waals surface area (Å²) in [4.78, 5) is 15.6. The molecule has 1 aromatic heterocycles. The van der Waals surface area contributed by atoms with Crippen LogP contribution in [-0.2, 0) is 0 Å². The monoisotopic (exact) mass is 447 g/mol. The number of H-pyrrole nitrogens is 1. The van der Waals surface area contributed by atoms with Gasteiger partial charge in [0.15, 0.2) is 11.5 Å². The molecule has 2 heterocycles. The van der Waals surface area contributed by atoms with Gasteiger partial charge >= 0.3 is 11.3 Å². The summed E-state index contributed by atoms with van der Waals surface area (Å²) in [5.74, 6) is 0.350. The van der Waals surface area contributed by atoms with Crippen LogP contribution in [0, 0.1) is 0 Å².